The minimum atomic E-state index is -0.191. The van der Waals surface area contributed by atoms with Gasteiger partial charge in [-0.15, -0.1) is 0 Å². The van der Waals surface area contributed by atoms with Crippen molar-refractivity contribution in [3.8, 4) is 22.6 Å². The van der Waals surface area contributed by atoms with E-state index in [1.54, 1.807) is 0 Å². The Kier molecular flexibility index (Phi) is 10.6. The fourth-order valence-electron chi connectivity index (χ4n) is 11.1. The molecule has 2 aliphatic rings. The van der Waals surface area contributed by atoms with Gasteiger partial charge in [-0.05, 0) is 152 Å². The maximum absolute atomic E-state index is 7.56. The lowest BCUT2D eigenvalue weighted by Gasteiger charge is -2.41. The molecule has 8 aromatic carbocycles. The first-order chi connectivity index (χ1) is 33.5. The van der Waals surface area contributed by atoms with Gasteiger partial charge < -0.3 is 19.0 Å². The molecule has 4 nitrogen and oxygen atoms in total. The first kappa shape index (κ1) is 46.4. The summed E-state index contributed by atoms with van der Waals surface area (Å²) in [6.07, 6.45) is 0. The van der Waals surface area contributed by atoms with E-state index in [1.165, 1.54) is 44.4 Å². The standard InChI is InChI=1S/C66H67BN2O2/c1-40-33-41(2)35-42(34-40)43-36-56-60-58(37-43)71-61-53(67(60)52-38-47(66(12,13)14)25-32-54(52)69(56)50-30-23-46(24-31-50)65(9,10)11)39-55(59-51-17-15-16-18-57(51)70-62(59)61)68(48-26-19-44(20-27-48)63(3,4)5)49-28-21-45(22-29-49)64(6,7)8/h15-39H,1-14H3. The smallest absolute Gasteiger partial charge is 0.256 e. The van der Waals surface area contributed by atoms with Crippen molar-refractivity contribution in [1.82, 2.24) is 0 Å². The van der Waals surface area contributed by atoms with Crippen LogP contribution in [-0.2, 0) is 21.7 Å². The molecule has 9 aromatic rings. The number of para-hydroxylation sites is 1. The van der Waals surface area contributed by atoms with Gasteiger partial charge in [0, 0.05) is 33.8 Å². The summed E-state index contributed by atoms with van der Waals surface area (Å²) in [7, 11) is 0. The molecule has 5 heteroatoms. The van der Waals surface area contributed by atoms with Gasteiger partial charge in [-0.3, -0.25) is 0 Å². The molecule has 0 spiro atoms. The Morgan fingerprint density at radius 1 is 0.479 bits per heavy atom. The molecule has 356 valence electrons. The number of hydrogen-bond donors (Lipinski definition) is 0. The lowest BCUT2D eigenvalue weighted by atomic mass is 9.34. The number of anilines is 6. The molecule has 0 fully saturated rings. The van der Waals surface area contributed by atoms with Crippen LogP contribution in [-0.4, -0.2) is 6.71 Å². The summed E-state index contributed by atoms with van der Waals surface area (Å²) in [6, 6.07) is 57.2. The molecular weight excluding hydrogens is 864 g/mol. The van der Waals surface area contributed by atoms with Gasteiger partial charge in [0.05, 0.1) is 11.1 Å². The van der Waals surface area contributed by atoms with E-state index in [4.69, 9.17) is 9.15 Å². The topological polar surface area (TPSA) is 28.9 Å². The average Bonchev–Trinajstić information content (AvgIpc) is 3.71. The Morgan fingerprint density at radius 3 is 1.56 bits per heavy atom. The van der Waals surface area contributed by atoms with Crippen LogP contribution >= 0.6 is 0 Å². The number of furan rings is 1. The van der Waals surface area contributed by atoms with E-state index >= 15 is 0 Å². The summed E-state index contributed by atoms with van der Waals surface area (Å²) in [5.41, 5.74) is 21.5. The van der Waals surface area contributed by atoms with E-state index in [1.807, 2.05) is 0 Å². The van der Waals surface area contributed by atoms with Crippen LogP contribution in [0.5, 0.6) is 11.5 Å². The van der Waals surface area contributed by atoms with E-state index in [0.29, 0.717) is 0 Å². The molecule has 0 saturated heterocycles. The maximum atomic E-state index is 7.56. The molecule has 0 bridgehead atoms. The van der Waals surface area contributed by atoms with Crippen molar-refractivity contribution in [2.75, 3.05) is 9.80 Å². The molecule has 1 aromatic heterocycles. The average molecular weight is 931 g/mol. The Balaban J connectivity index is 1.25. The zero-order chi connectivity index (χ0) is 50.1. The van der Waals surface area contributed by atoms with Crippen molar-refractivity contribution < 1.29 is 9.15 Å². The lowest BCUT2D eigenvalue weighted by molar-refractivity contribution is 0.481. The van der Waals surface area contributed by atoms with Gasteiger partial charge in [0.1, 0.15) is 11.3 Å². The summed E-state index contributed by atoms with van der Waals surface area (Å²) < 4.78 is 14.7. The van der Waals surface area contributed by atoms with Crippen molar-refractivity contribution in [2.24, 2.45) is 0 Å². The van der Waals surface area contributed by atoms with Crippen LogP contribution in [0.4, 0.5) is 34.1 Å². The third kappa shape index (κ3) is 8.02. The molecule has 3 heterocycles. The summed E-state index contributed by atoms with van der Waals surface area (Å²) >= 11 is 0. The van der Waals surface area contributed by atoms with Crippen molar-refractivity contribution in [3.05, 3.63) is 185 Å². The zero-order valence-corrected chi connectivity index (χ0v) is 44.2. The molecular formula is C66H67BN2O2. The maximum Gasteiger partial charge on any atom is 0.256 e. The second-order valence-corrected chi connectivity index (χ2v) is 24.5. The molecule has 0 radical (unpaired) electrons. The fraction of sp³-hybridized carbons (Fsp3) is 0.273. The number of ether oxygens (including phenoxy) is 1. The number of hydrogen-bond acceptors (Lipinski definition) is 4. The molecule has 0 atom stereocenters. The number of nitrogens with zero attached hydrogens (tertiary/aromatic N) is 2. The predicted molar refractivity (Wildman–Crippen MR) is 304 cm³/mol. The van der Waals surface area contributed by atoms with Crippen LogP contribution in [0, 0.1) is 13.8 Å². The summed E-state index contributed by atoms with van der Waals surface area (Å²) in [6.45, 7) is 31.7. The van der Waals surface area contributed by atoms with Crippen molar-refractivity contribution in [3.63, 3.8) is 0 Å². The minimum absolute atomic E-state index is 0.000823. The molecule has 0 saturated carbocycles. The lowest BCUT2D eigenvalue weighted by Crippen LogP contribution is -2.59. The minimum Gasteiger partial charge on any atom is -0.454 e. The number of fused-ring (bicyclic) bond motifs is 8. The third-order valence-corrected chi connectivity index (χ3v) is 15.0. The normalized spacial score (nSPS) is 13.5. The summed E-state index contributed by atoms with van der Waals surface area (Å²) in [4.78, 5) is 4.94. The number of rotatable bonds is 5. The Labute approximate surface area is 422 Å². The van der Waals surface area contributed by atoms with Crippen LogP contribution in [0.1, 0.15) is 116 Å². The second-order valence-electron chi connectivity index (χ2n) is 24.5. The van der Waals surface area contributed by atoms with Crippen LogP contribution in [0.2, 0.25) is 0 Å². The monoisotopic (exact) mass is 931 g/mol. The Hall–Kier alpha value is -6.98. The highest BCUT2D eigenvalue weighted by Gasteiger charge is 2.45. The third-order valence-electron chi connectivity index (χ3n) is 15.0. The van der Waals surface area contributed by atoms with E-state index in [9.17, 15) is 0 Å². The molecule has 2 aliphatic heterocycles. The first-order valence-electron chi connectivity index (χ1n) is 25.5. The molecule has 0 amide bonds. The van der Waals surface area contributed by atoms with Crippen LogP contribution in [0.15, 0.2) is 156 Å². The molecule has 11 rings (SSSR count). The largest absolute Gasteiger partial charge is 0.454 e. The van der Waals surface area contributed by atoms with Crippen molar-refractivity contribution in [1.29, 1.82) is 0 Å². The highest BCUT2D eigenvalue weighted by molar-refractivity contribution is 6.99. The quantitative estimate of drug-likeness (QED) is 0.161. The van der Waals surface area contributed by atoms with E-state index in [-0.39, 0.29) is 28.4 Å². The van der Waals surface area contributed by atoms with E-state index in [0.717, 1.165) is 84.1 Å². The van der Waals surface area contributed by atoms with Crippen LogP contribution < -0.4 is 30.9 Å². The van der Waals surface area contributed by atoms with Gasteiger partial charge in [0.25, 0.3) is 6.71 Å². The number of aryl methyl sites for hydroxylation is 2. The molecule has 0 unspecified atom stereocenters. The molecule has 0 N–H and O–H groups in total. The second kappa shape index (κ2) is 16.3. The fourth-order valence-corrected chi connectivity index (χ4v) is 11.1. The highest BCUT2D eigenvalue weighted by Crippen LogP contribution is 2.50. The molecule has 0 aliphatic carbocycles. The van der Waals surface area contributed by atoms with E-state index in [2.05, 4.69) is 258 Å². The number of benzene rings is 8. The summed E-state index contributed by atoms with van der Waals surface area (Å²) in [5.74, 6) is 1.61. The van der Waals surface area contributed by atoms with Crippen molar-refractivity contribution >= 4 is 79.2 Å². The van der Waals surface area contributed by atoms with Gasteiger partial charge >= 0.3 is 0 Å². The first-order valence-corrected chi connectivity index (χ1v) is 25.5. The van der Waals surface area contributed by atoms with Crippen LogP contribution in [0.3, 0.4) is 0 Å². The zero-order valence-electron chi connectivity index (χ0n) is 44.2. The van der Waals surface area contributed by atoms with Gasteiger partial charge in [-0.25, -0.2) is 0 Å². The van der Waals surface area contributed by atoms with Crippen molar-refractivity contribution in [2.45, 2.75) is 119 Å². The highest BCUT2D eigenvalue weighted by atomic mass is 16.5. The SMILES string of the molecule is Cc1cc(C)cc(-c2cc3c4c(c2)N(c2ccc(C(C)(C)C)cc2)c2ccc(C(C)(C)C)cc2B4c2cc(N(c4ccc(C(C)(C)C)cc4)c4ccc(C(C)(C)C)cc4)c4c(oc5ccccc54)c2O3)c1. The van der Waals surface area contributed by atoms with E-state index < -0.39 is 0 Å². The van der Waals surface area contributed by atoms with Crippen LogP contribution in [0.25, 0.3) is 33.1 Å². The Bertz CT molecular complexity index is 3470. The van der Waals surface area contributed by atoms with Gasteiger partial charge in [-0.1, -0.05) is 179 Å². The molecule has 71 heavy (non-hydrogen) atoms. The Morgan fingerprint density at radius 2 is 1.00 bits per heavy atom. The van der Waals surface area contributed by atoms with Gasteiger partial charge in [0.2, 0.25) is 0 Å². The predicted octanol–water partition coefficient (Wildman–Crippen LogP) is 16.9. The van der Waals surface area contributed by atoms with Gasteiger partial charge in [-0.2, -0.15) is 0 Å². The van der Waals surface area contributed by atoms with Gasteiger partial charge in [0.15, 0.2) is 11.3 Å². The summed E-state index contributed by atoms with van der Waals surface area (Å²) in [5, 5.41) is 2.07.